The van der Waals surface area contributed by atoms with Gasteiger partial charge in [0, 0.05) is 11.1 Å². The molecule has 0 amide bonds. The Labute approximate surface area is 256 Å². The minimum absolute atomic E-state index is 0.426. The topological polar surface area (TPSA) is 36.8 Å². The van der Waals surface area contributed by atoms with Crippen molar-refractivity contribution in [2.24, 2.45) is 9.98 Å². The summed E-state index contributed by atoms with van der Waals surface area (Å²) >= 11 is 0. The summed E-state index contributed by atoms with van der Waals surface area (Å²) in [5, 5.41) is 8.37. The van der Waals surface area contributed by atoms with Gasteiger partial charge in [0.25, 0.3) is 0 Å². The van der Waals surface area contributed by atoms with Gasteiger partial charge in [0.2, 0.25) is 0 Å². The van der Waals surface area contributed by atoms with Crippen molar-refractivity contribution in [3.63, 3.8) is 0 Å². The molecule has 0 bridgehead atoms. The second-order valence-electron chi connectivity index (χ2n) is 11.2. The summed E-state index contributed by atoms with van der Waals surface area (Å²) in [7, 11) is 0. The van der Waals surface area contributed by atoms with Gasteiger partial charge in [-0.15, -0.1) is 0 Å². The fraction of sp³-hybridized carbons (Fsp3) is 0.0244. The molecule has 0 fully saturated rings. The molecule has 0 atom stereocenters. The van der Waals surface area contributed by atoms with Crippen LogP contribution in [0.3, 0.4) is 0 Å². The molecule has 3 heteroatoms. The van der Waals surface area contributed by atoms with E-state index in [9.17, 15) is 0 Å². The third-order valence-corrected chi connectivity index (χ3v) is 8.25. The highest BCUT2D eigenvalue weighted by Crippen LogP contribution is 2.34. The van der Waals surface area contributed by atoms with E-state index in [1.807, 2.05) is 0 Å². The maximum Gasteiger partial charge on any atom is 0.169 e. The Balaban J connectivity index is 1.31. The van der Waals surface area contributed by atoms with Crippen molar-refractivity contribution in [1.82, 2.24) is 5.32 Å². The van der Waals surface area contributed by atoms with E-state index in [1.54, 1.807) is 0 Å². The van der Waals surface area contributed by atoms with Crippen LogP contribution in [0.25, 0.3) is 43.8 Å². The lowest BCUT2D eigenvalue weighted by Gasteiger charge is -2.23. The van der Waals surface area contributed by atoms with Gasteiger partial charge in [-0.25, -0.2) is 9.98 Å². The van der Waals surface area contributed by atoms with E-state index >= 15 is 0 Å². The highest BCUT2D eigenvalue weighted by Gasteiger charge is 2.22. The number of fused-ring (bicyclic) bond motifs is 2. The van der Waals surface area contributed by atoms with Crippen molar-refractivity contribution in [2.45, 2.75) is 6.17 Å². The predicted molar refractivity (Wildman–Crippen MR) is 184 cm³/mol. The van der Waals surface area contributed by atoms with E-state index in [2.05, 4.69) is 169 Å². The predicted octanol–water partition coefficient (Wildman–Crippen LogP) is 9.82. The summed E-state index contributed by atoms with van der Waals surface area (Å²) in [5.41, 5.74) is 7.73. The molecule has 7 aromatic carbocycles. The fourth-order valence-corrected chi connectivity index (χ4v) is 5.96. The molecule has 0 aromatic heterocycles. The van der Waals surface area contributed by atoms with Crippen LogP contribution < -0.4 is 5.32 Å². The quantitative estimate of drug-likeness (QED) is 0.222. The number of hydrogen-bond donors (Lipinski definition) is 1. The number of nitrogens with one attached hydrogen (secondary N) is 1. The number of aliphatic imine (C=N–C) groups is 2. The molecular weight excluding hydrogens is 534 g/mol. The Kier molecular flexibility index (Phi) is 6.54. The summed E-state index contributed by atoms with van der Waals surface area (Å²) in [6.45, 7) is 0. The molecule has 208 valence electrons. The number of amidine groups is 2. The molecule has 44 heavy (non-hydrogen) atoms. The van der Waals surface area contributed by atoms with Crippen LogP contribution in [0.15, 0.2) is 174 Å². The zero-order valence-corrected chi connectivity index (χ0v) is 24.1. The fourth-order valence-electron chi connectivity index (χ4n) is 5.96. The molecule has 0 spiro atoms. The van der Waals surface area contributed by atoms with Crippen LogP contribution in [-0.4, -0.2) is 11.7 Å². The summed E-state index contributed by atoms with van der Waals surface area (Å²) < 4.78 is 0. The number of nitrogens with zero attached hydrogens (tertiary/aromatic N) is 2. The van der Waals surface area contributed by atoms with Gasteiger partial charge in [0.1, 0.15) is 11.7 Å². The summed E-state index contributed by atoms with van der Waals surface area (Å²) in [6, 6.07) is 57.7. The lowest BCUT2D eigenvalue weighted by atomic mass is 9.95. The van der Waals surface area contributed by atoms with Crippen molar-refractivity contribution in [1.29, 1.82) is 0 Å². The van der Waals surface area contributed by atoms with Crippen LogP contribution in [0.1, 0.15) is 22.9 Å². The second-order valence-corrected chi connectivity index (χ2v) is 11.2. The van der Waals surface area contributed by atoms with E-state index in [-0.39, 0.29) is 0 Å². The van der Waals surface area contributed by atoms with Gasteiger partial charge in [-0.1, -0.05) is 133 Å². The van der Waals surface area contributed by atoms with Crippen LogP contribution in [0.5, 0.6) is 0 Å². The van der Waals surface area contributed by atoms with Crippen molar-refractivity contribution in [3.05, 3.63) is 180 Å². The Morgan fingerprint density at radius 1 is 0.341 bits per heavy atom. The zero-order valence-electron chi connectivity index (χ0n) is 24.1. The average molecular weight is 564 g/mol. The van der Waals surface area contributed by atoms with Crippen LogP contribution in [0.4, 0.5) is 0 Å². The van der Waals surface area contributed by atoms with E-state index in [0.29, 0.717) is 0 Å². The highest BCUT2D eigenvalue weighted by molar-refractivity contribution is 6.17. The van der Waals surface area contributed by atoms with Gasteiger partial charge in [-0.05, 0) is 79.7 Å². The first kappa shape index (κ1) is 25.9. The van der Waals surface area contributed by atoms with Gasteiger partial charge in [0.15, 0.2) is 6.17 Å². The molecule has 0 saturated carbocycles. The van der Waals surface area contributed by atoms with Gasteiger partial charge in [-0.3, -0.25) is 0 Å². The van der Waals surface area contributed by atoms with Crippen molar-refractivity contribution in [2.75, 3.05) is 0 Å². The average Bonchev–Trinajstić information content (AvgIpc) is 3.11. The highest BCUT2D eigenvalue weighted by atomic mass is 15.2. The van der Waals surface area contributed by atoms with E-state index < -0.39 is 6.17 Å². The SMILES string of the molecule is c1ccc(-c2cc(-c3ccccc3)cc(C3N=C(c4ccc5ccccc5c4)NC(c4ccc5ccccc5c4)=N3)c2)cc1. The van der Waals surface area contributed by atoms with Crippen LogP contribution in [0.2, 0.25) is 0 Å². The zero-order chi connectivity index (χ0) is 29.3. The smallest absolute Gasteiger partial charge is 0.169 e. The molecule has 7 aromatic rings. The number of rotatable bonds is 5. The molecule has 1 aliphatic rings. The maximum absolute atomic E-state index is 5.25. The van der Waals surface area contributed by atoms with E-state index in [4.69, 9.17) is 9.98 Å². The molecule has 1 N–H and O–H groups in total. The first-order chi connectivity index (χ1) is 21.8. The molecule has 0 saturated heterocycles. The monoisotopic (exact) mass is 563 g/mol. The molecule has 1 aliphatic heterocycles. The Bertz CT molecular complexity index is 2040. The molecule has 1 heterocycles. The van der Waals surface area contributed by atoms with E-state index in [1.165, 1.54) is 21.5 Å². The lowest BCUT2D eigenvalue weighted by molar-refractivity contribution is 0.756. The van der Waals surface area contributed by atoms with Crippen molar-refractivity contribution < 1.29 is 0 Å². The lowest BCUT2D eigenvalue weighted by Crippen LogP contribution is -2.36. The molecule has 0 aliphatic carbocycles. The van der Waals surface area contributed by atoms with Gasteiger partial charge in [0.05, 0.1) is 0 Å². The summed E-state index contributed by atoms with van der Waals surface area (Å²) in [6.07, 6.45) is -0.426. The molecular formula is C41H29N3. The number of benzene rings is 7. The van der Waals surface area contributed by atoms with Crippen LogP contribution in [0, 0.1) is 0 Å². The summed E-state index contributed by atoms with van der Waals surface area (Å²) in [5.74, 6) is 1.62. The third-order valence-electron chi connectivity index (χ3n) is 8.25. The van der Waals surface area contributed by atoms with Gasteiger partial charge >= 0.3 is 0 Å². The Hall–Kier alpha value is -5.80. The Morgan fingerprint density at radius 2 is 0.773 bits per heavy atom. The van der Waals surface area contributed by atoms with Crippen LogP contribution in [-0.2, 0) is 0 Å². The maximum atomic E-state index is 5.25. The minimum Gasteiger partial charge on any atom is -0.324 e. The molecule has 8 rings (SSSR count). The van der Waals surface area contributed by atoms with Crippen molar-refractivity contribution in [3.8, 4) is 22.3 Å². The van der Waals surface area contributed by atoms with E-state index in [0.717, 1.165) is 50.6 Å². The molecule has 0 radical (unpaired) electrons. The largest absolute Gasteiger partial charge is 0.324 e. The molecule has 3 nitrogen and oxygen atoms in total. The van der Waals surface area contributed by atoms with Gasteiger partial charge < -0.3 is 5.32 Å². The second kappa shape index (κ2) is 11.1. The summed E-state index contributed by atoms with van der Waals surface area (Å²) in [4.78, 5) is 10.5. The normalized spacial score (nSPS) is 13.4. The van der Waals surface area contributed by atoms with Crippen LogP contribution >= 0.6 is 0 Å². The first-order valence-electron chi connectivity index (χ1n) is 14.9. The van der Waals surface area contributed by atoms with Gasteiger partial charge in [-0.2, -0.15) is 0 Å². The number of hydrogen-bond acceptors (Lipinski definition) is 3. The minimum atomic E-state index is -0.426. The standard InChI is InChI=1S/C41H29N3/c1-3-11-28(12-4-1)36-25-37(29-13-5-2-6-14-29)27-38(26-36)41-43-39(34-21-19-30-15-7-9-17-32(30)23-34)42-40(44-41)35-22-20-31-16-8-10-18-33(31)24-35/h1-27,41H,(H,42,43,44). The Morgan fingerprint density at radius 3 is 1.25 bits per heavy atom. The molecule has 0 unspecified atom stereocenters. The third kappa shape index (κ3) is 5.05. The first-order valence-corrected chi connectivity index (χ1v) is 14.9. The van der Waals surface area contributed by atoms with Crippen molar-refractivity contribution >= 4 is 33.2 Å².